The van der Waals surface area contributed by atoms with E-state index in [1.165, 1.54) is 5.56 Å². The first-order valence-corrected chi connectivity index (χ1v) is 9.90. The van der Waals surface area contributed by atoms with Crippen LogP contribution in [0.4, 0.5) is 0 Å². The average molecular weight is 338 g/mol. The Bertz CT molecular complexity index is 620. The molecule has 6 heteroatoms. The maximum absolute atomic E-state index is 12.2. The third-order valence-corrected chi connectivity index (χ3v) is 5.71. The van der Waals surface area contributed by atoms with Crippen molar-refractivity contribution in [2.45, 2.75) is 44.8 Å². The fourth-order valence-electron chi connectivity index (χ4n) is 2.75. The fraction of sp³-hybridized carbons (Fsp3) is 0.588. The Morgan fingerprint density at radius 2 is 1.87 bits per heavy atom. The summed E-state index contributed by atoms with van der Waals surface area (Å²) >= 11 is 0. The fourth-order valence-corrected chi connectivity index (χ4v) is 3.93. The van der Waals surface area contributed by atoms with Crippen molar-refractivity contribution in [2.75, 3.05) is 13.1 Å². The van der Waals surface area contributed by atoms with Gasteiger partial charge in [-0.1, -0.05) is 38.1 Å². The van der Waals surface area contributed by atoms with E-state index >= 15 is 0 Å². The van der Waals surface area contributed by atoms with Crippen LogP contribution >= 0.6 is 0 Å². The van der Waals surface area contributed by atoms with Gasteiger partial charge in [0.25, 0.3) is 0 Å². The van der Waals surface area contributed by atoms with E-state index in [2.05, 4.69) is 23.9 Å². The van der Waals surface area contributed by atoms with Gasteiger partial charge in [-0.25, -0.2) is 8.42 Å². The molecule has 1 amide bonds. The summed E-state index contributed by atoms with van der Waals surface area (Å²) in [5.41, 5.74) is 1.90. The predicted octanol–water partition coefficient (Wildman–Crippen LogP) is 2.15. The maximum Gasteiger partial charge on any atom is 0.239 e. The average Bonchev–Trinajstić information content (AvgIpc) is 2.54. The second kappa shape index (κ2) is 7.93. The SMILES string of the molecule is CCC(C)c1ccc(CS(=O)(=O)NC(=O)C2CCNCC2)cc1. The molecule has 1 aromatic rings. The molecule has 1 aliphatic rings. The molecule has 5 nitrogen and oxygen atoms in total. The van der Waals surface area contributed by atoms with Gasteiger partial charge >= 0.3 is 0 Å². The Labute approximate surface area is 138 Å². The van der Waals surface area contributed by atoms with Gasteiger partial charge < -0.3 is 5.32 Å². The van der Waals surface area contributed by atoms with E-state index in [-0.39, 0.29) is 17.6 Å². The highest BCUT2D eigenvalue weighted by atomic mass is 32.2. The molecular formula is C17H26N2O3S. The number of rotatable bonds is 6. The summed E-state index contributed by atoms with van der Waals surface area (Å²) in [6, 6.07) is 7.59. The molecule has 0 spiro atoms. The summed E-state index contributed by atoms with van der Waals surface area (Å²) in [5, 5.41) is 3.16. The van der Waals surface area contributed by atoms with Crippen LogP contribution < -0.4 is 10.0 Å². The van der Waals surface area contributed by atoms with Gasteiger partial charge in [-0.2, -0.15) is 0 Å². The summed E-state index contributed by atoms with van der Waals surface area (Å²) in [4.78, 5) is 12.1. The van der Waals surface area contributed by atoms with Crippen LogP contribution in [0.3, 0.4) is 0 Å². The highest BCUT2D eigenvalue weighted by Crippen LogP contribution is 2.19. The minimum absolute atomic E-state index is 0.162. The molecule has 1 atom stereocenters. The molecule has 0 bridgehead atoms. The largest absolute Gasteiger partial charge is 0.317 e. The van der Waals surface area contributed by atoms with Crippen molar-refractivity contribution in [3.05, 3.63) is 35.4 Å². The third-order valence-electron chi connectivity index (χ3n) is 4.48. The molecule has 0 aromatic heterocycles. The number of amides is 1. The van der Waals surface area contributed by atoms with Crippen LogP contribution in [-0.2, 0) is 20.6 Å². The lowest BCUT2D eigenvalue weighted by Gasteiger charge is -2.21. The van der Waals surface area contributed by atoms with Gasteiger partial charge in [0, 0.05) is 5.92 Å². The molecule has 128 valence electrons. The summed E-state index contributed by atoms with van der Waals surface area (Å²) in [7, 11) is -3.64. The van der Waals surface area contributed by atoms with Crippen molar-refractivity contribution in [1.82, 2.24) is 10.0 Å². The number of sulfonamides is 1. The highest BCUT2D eigenvalue weighted by molar-refractivity contribution is 7.89. The molecule has 1 fully saturated rings. The molecule has 23 heavy (non-hydrogen) atoms. The zero-order valence-corrected chi connectivity index (χ0v) is 14.7. The molecule has 0 radical (unpaired) electrons. The second-order valence-corrected chi connectivity index (χ2v) is 8.02. The molecular weight excluding hydrogens is 312 g/mol. The van der Waals surface area contributed by atoms with Crippen LogP contribution in [0, 0.1) is 5.92 Å². The Kier molecular flexibility index (Phi) is 6.18. The lowest BCUT2D eigenvalue weighted by Crippen LogP contribution is -2.41. The first-order chi connectivity index (χ1) is 10.9. The van der Waals surface area contributed by atoms with E-state index < -0.39 is 10.0 Å². The van der Waals surface area contributed by atoms with E-state index in [0.717, 1.165) is 19.5 Å². The van der Waals surface area contributed by atoms with Gasteiger partial charge in [-0.15, -0.1) is 0 Å². The number of carbonyl (C=O) groups excluding carboxylic acids is 1. The zero-order chi connectivity index (χ0) is 16.9. The molecule has 0 saturated carbocycles. The van der Waals surface area contributed by atoms with Crippen LogP contribution in [-0.4, -0.2) is 27.4 Å². The smallest absolute Gasteiger partial charge is 0.239 e. The quantitative estimate of drug-likeness (QED) is 0.833. The molecule has 2 N–H and O–H groups in total. The Balaban J connectivity index is 1.96. The number of carbonyl (C=O) groups is 1. The zero-order valence-electron chi connectivity index (χ0n) is 13.8. The van der Waals surface area contributed by atoms with Crippen molar-refractivity contribution < 1.29 is 13.2 Å². The normalized spacial score (nSPS) is 17.7. The van der Waals surface area contributed by atoms with Gasteiger partial charge in [0.15, 0.2) is 0 Å². The van der Waals surface area contributed by atoms with Gasteiger partial charge in [-0.3, -0.25) is 9.52 Å². The van der Waals surface area contributed by atoms with Crippen LogP contribution in [0.5, 0.6) is 0 Å². The van der Waals surface area contributed by atoms with Crippen LogP contribution in [0.2, 0.25) is 0 Å². The third kappa shape index (κ3) is 5.32. The monoisotopic (exact) mass is 338 g/mol. The number of hydrogen-bond acceptors (Lipinski definition) is 4. The summed E-state index contributed by atoms with van der Waals surface area (Å²) in [6.07, 6.45) is 2.42. The highest BCUT2D eigenvalue weighted by Gasteiger charge is 2.25. The Hall–Kier alpha value is -1.40. The standard InChI is InChI=1S/C17H26N2O3S/c1-3-13(2)15-6-4-14(5-7-15)12-23(21,22)19-17(20)16-8-10-18-11-9-16/h4-7,13,16,18H,3,8-12H2,1-2H3,(H,19,20). The van der Waals surface area contributed by atoms with Gasteiger partial charge in [0.1, 0.15) is 0 Å². The van der Waals surface area contributed by atoms with Crippen molar-refractivity contribution >= 4 is 15.9 Å². The van der Waals surface area contributed by atoms with Crippen LogP contribution in [0.25, 0.3) is 0 Å². The maximum atomic E-state index is 12.2. The lowest BCUT2D eigenvalue weighted by atomic mass is 9.98. The molecule has 2 rings (SSSR count). The molecule has 1 aliphatic heterocycles. The van der Waals surface area contributed by atoms with Gasteiger partial charge in [-0.05, 0) is 49.4 Å². The van der Waals surface area contributed by atoms with Gasteiger partial charge in [0.05, 0.1) is 5.75 Å². The van der Waals surface area contributed by atoms with E-state index in [9.17, 15) is 13.2 Å². The molecule has 1 aromatic carbocycles. The molecule has 1 saturated heterocycles. The number of nitrogens with one attached hydrogen (secondary N) is 2. The van der Waals surface area contributed by atoms with Crippen molar-refractivity contribution in [3.63, 3.8) is 0 Å². The number of hydrogen-bond donors (Lipinski definition) is 2. The summed E-state index contributed by atoms with van der Waals surface area (Å²) in [5.74, 6) is -0.286. The van der Waals surface area contributed by atoms with E-state index in [1.54, 1.807) is 0 Å². The lowest BCUT2D eigenvalue weighted by molar-refractivity contribution is -0.123. The summed E-state index contributed by atoms with van der Waals surface area (Å²) < 4.78 is 26.6. The van der Waals surface area contributed by atoms with Gasteiger partial charge in [0.2, 0.25) is 15.9 Å². The predicted molar refractivity (Wildman–Crippen MR) is 91.5 cm³/mol. The van der Waals surface area contributed by atoms with Crippen LogP contribution in [0.1, 0.15) is 50.2 Å². The minimum atomic E-state index is -3.64. The molecule has 0 aliphatic carbocycles. The van der Waals surface area contributed by atoms with Crippen molar-refractivity contribution in [1.29, 1.82) is 0 Å². The Morgan fingerprint density at radius 1 is 1.26 bits per heavy atom. The first kappa shape index (κ1) is 17.9. The molecule has 1 unspecified atom stereocenters. The Morgan fingerprint density at radius 3 is 2.43 bits per heavy atom. The number of piperidine rings is 1. The molecule has 1 heterocycles. The second-order valence-electron chi connectivity index (χ2n) is 6.30. The van der Waals surface area contributed by atoms with Crippen molar-refractivity contribution in [3.8, 4) is 0 Å². The van der Waals surface area contributed by atoms with E-state index in [0.29, 0.717) is 24.3 Å². The summed E-state index contributed by atoms with van der Waals surface area (Å²) in [6.45, 7) is 5.79. The van der Waals surface area contributed by atoms with E-state index in [1.807, 2.05) is 24.3 Å². The minimum Gasteiger partial charge on any atom is -0.317 e. The van der Waals surface area contributed by atoms with Crippen molar-refractivity contribution in [2.24, 2.45) is 5.92 Å². The first-order valence-electron chi connectivity index (χ1n) is 8.25. The topological polar surface area (TPSA) is 75.3 Å². The number of benzene rings is 1. The van der Waals surface area contributed by atoms with Crippen LogP contribution in [0.15, 0.2) is 24.3 Å². The van der Waals surface area contributed by atoms with E-state index in [4.69, 9.17) is 0 Å².